The highest BCUT2D eigenvalue weighted by Crippen LogP contribution is 2.34. The van der Waals surface area contributed by atoms with Gasteiger partial charge in [0.15, 0.2) is 5.13 Å². The van der Waals surface area contributed by atoms with Gasteiger partial charge >= 0.3 is 0 Å². The Bertz CT molecular complexity index is 967. The van der Waals surface area contributed by atoms with E-state index in [1.54, 1.807) is 23.5 Å². The second-order valence-corrected chi connectivity index (χ2v) is 7.77. The molecule has 1 aromatic heterocycles. The summed E-state index contributed by atoms with van der Waals surface area (Å²) in [7, 11) is 0. The van der Waals surface area contributed by atoms with Gasteiger partial charge in [-0.15, -0.1) is 0 Å². The van der Waals surface area contributed by atoms with E-state index in [1.165, 1.54) is 0 Å². The number of carbonyl (C=O) groups excluding carboxylic acids is 1. The molecule has 2 heterocycles. The number of benzene rings is 2. The number of thiazole rings is 1. The summed E-state index contributed by atoms with van der Waals surface area (Å²) in [6, 6.07) is 13.1. The summed E-state index contributed by atoms with van der Waals surface area (Å²) in [5, 5.41) is 1.56. The smallest absolute Gasteiger partial charge is 0.254 e. The maximum atomic E-state index is 12.7. The number of halogens is 1. The number of amides is 1. The standard InChI is InChI=1S/C20H20ClN3O2S/c1-2-26-16-7-4-8-17-18(16)22-20(27-17)24-11-9-23(10-12-24)19(25)14-5-3-6-15(21)13-14/h3-8,13H,2,9-12H2,1H3. The topological polar surface area (TPSA) is 45.7 Å². The summed E-state index contributed by atoms with van der Waals surface area (Å²) in [6.07, 6.45) is 0. The summed E-state index contributed by atoms with van der Waals surface area (Å²) in [5.74, 6) is 0.854. The van der Waals surface area contributed by atoms with Gasteiger partial charge < -0.3 is 14.5 Å². The molecule has 7 heteroatoms. The predicted molar refractivity (Wildman–Crippen MR) is 110 cm³/mol. The van der Waals surface area contributed by atoms with Gasteiger partial charge in [-0.1, -0.05) is 35.1 Å². The van der Waals surface area contributed by atoms with Crippen LogP contribution in [0.4, 0.5) is 5.13 Å². The SMILES string of the molecule is CCOc1cccc2sc(N3CCN(C(=O)c4cccc(Cl)c4)CC3)nc12. The molecule has 0 bridgehead atoms. The zero-order chi connectivity index (χ0) is 18.8. The summed E-state index contributed by atoms with van der Waals surface area (Å²) in [6.45, 7) is 5.45. The molecule has 3 aromatic rings. The normalized spacial score (nSPS) is 14.6. The fraction of sp³-hybridized carbons (Fsp3) is 0.300. The van der Waals surface area contributed by atoms with Gasteiger partial charge in [-0.2, -0.15) is 0 Å². The Hall–Kier alpha value is -2.31. The van der Waals surface area contributed by atoms with Crippen molar-refractivity contribution in [1.29, 1.82) is 0 Å². The summed E-state index contributed by atoms with van der Waals surface area (Å²) in [5.41, 5.74) is 1.55. The lowest BCUT2D eigenvalue weighted by Crippen LogP contribution is -2.48. The lowest BCUT2D eigenvalue weighted by atomic mass is 10.2. The molecule has 1 fully saturated rings. The van der Waals surface area contributed by atoms with Crippen molar-refractivity contribution < 1.29 is 9.53 Å². The van der Waals surface area contributed by atoms with Crippen molar-refractivity contribution in [3.05, 3.63) is 53.1 Å². The van der Waals surface area contributed by atoms with Crippen LogP contribution in [0.1, 0.15) is 17.3 Å². The first-order chi connectivity index (χ1) is 13.2. The fourth-order valence-electron chi connectivity index (χ4n) is 3.22. The van der Waals surface area contributed by atoms with Crippen molar-refractivity contribution >= 4 is 44.2 Å². The molecule has 0 spiro atoms. The number of aromatic nitrogens is 1. The van der Waals surface area contributed by atoms with Gasteiger partial charge in [-0.3, -0.25) is 4.79 Å². The molecule has 0 saturated carbocycles. The molecule has 2 aromatic carbocycles. The van der Waals surface area contributed by atoms with Gasteiger partial charge in [0.1, 0.15) is 11.3 Å². The largest absolute Gasteiger partial charge is 0.492 e. The predicted octanol–water partition coefficient (Wildman–Crippen LogP) is 4.31. The molecule has 1 aliphatic rings. The van der Waals surface area contributed by atoms with Crippen LogP contribution in [-0.2, 0) is 0 Å². The van der Waals surface area contributed by atoms with Crippen molar-refractivity contribution in [3.8, 4) is 5.75 Å². The Morgan fingerprint density at radius 1 is 1.19 bits per heavy atom. The Balaban J connectivity index is 1.47. The van der Waals surface area contributed by atoms with Gasteiger partial charge in [0.25, 0.3) is 5.91 Å². The maximum Gasteiger partial charge on any atom is 0.254 e. The van der Waals surface area contributed by atoms with Gasteiger partial charge in [0.2, 0.25) is 0 Å². The van der Waals surface area contributed by atoms with Crippen LogP contribution in [0.5, 0.6) is 5.75 Å². The number of fused-ring (bicyclic) bond motifs is 1. The van der Waals surface area contributed by atoms with E-state index in [1.807, 2.05) is 36.1 Å². The van der Waals surface area contributed by atoms with Gasteiger partial charge in [-0.05, 0) is 37.3 Å². The van der Waals surface area contributed by atoms with Crippen molar-refractivity contribution in [1.82, 2.24) is 9.88 Å². The minimum atomic E-state index is 0.0279. The Labute approximate surface area is 167 Å². The second-order valence-electron chi connectivity index (χ2n) is 6.32. The fourth-order valence-corrected chi connectivity index (χ4v) is 4.45. The second kappa shape index (κ2) is 7.74. The number of para-hydroxylation sites is 1. The van der Waals surface area contributed by atoms with Gasteiger partial charge in [0.05, 0.1) is 11.3 Å². The highest BCUT2D eigenvalue weighted by molar-refractivity contribution is 7.22. The summed E-state index contributed by atoms with van der Waals surface area (Å²) in [4.78, 5) is 21.6. The van der Waals surface area contributed by atoms with E-state index >= 15 is 0 Å². The molecule has 1 saturated heterocycles. The highest BCUT2D eigenvalue weighted by Gasteiger charge is 2.24. The van der Waals surface area contributed by atoms with Crippen molar-refractivity contribution in [2.24, 2.45) is 0 Å². The third-order valence-corrected chi connectivity index (χ3v) is 5.90. The molecule has 0 N–H and O–H groups in total. The molecule has 0 radical (unpaired) electrons. The van der Waals surface area contributed by atoms with Crippen LogP contribution in [0.15, 0.2) is 42.5 Å². The van der Waals surface area contributed by atoms with E-state index in [-0.39, 0.29) is 5.91 Å². The lowest BCUT2D eigenvalue weighted by Gasteiger charge is -2.34. The average Bonchev–Trinajstić information content (AvgIpc) is 3.13. The maximum absolute atomic E-state index is 12.7. The van der Waals surface area contributed by atoms with Crippen LogP contribution in [0.25, 0.3) is 10.2 Å². The Morgan fingerprint density at radius 2 is 1.96 bits per heavy atom. The number of nitrogens with zero attached hydrogens (tertiary/aromatic N) is 3. The number of rotatable bonds is 4. The number of hydrogen-bond acceptors (Lipinski definition) is 5. The third kappa shape index (κ3) is 3.73. The van der Waals surface area contributed by atoms with Gasteiger partial charge in [0, 0.05) is 36.8 Å². The van der Waals surface area contributed by atoms with Crippen molar-refractivity contribution in [2.45, 2.75) is 6.92 Å². The van der Waals surface area contributed by atoms with Crippen LogP contribution in [0, 0.1) is 0 Å². The highest BCUT2D eigenvalue weighted by atomic mass is 35.5. The minimum Gasteiger partial charge on any atom is -0.492 e. The molecule has 5 nitrogen and oxygen atoms in total. The number of ether oxygens (including phenoxy) is 1. The number of anilines is 1. The van der Waals surface area contributed by atoms with E-state index in [4.69, 9.17) is 21.3 Å². The molecule has 0 aliphatic carbocycles. The molecule has 4 rings (SSSR count). The van der Waals surface area contributed by atoms with E-state index in [0.717, 1.165) is 34.2 Å². The van der Waals surface area contributed by atoms with E-state index in [0.29, 0.717) is 30.3 Å². The quantitative estimate of drug-likeness (QED) is 0.653. The Morgan fingerprint density at radius 3 is 2.70 bits per heavy atom. The molecule has 0 unspecified atom stereocenters. The van der Waals surface area contributed by atoms with Crippen LogP contribution >= 0.6 is 22.9 Å². The number of carbonyl (C=O) groups is 1. The van der Waals surface area contributed by atoms with E-state index in [9.17, 15) is 4.79 Å². The van der Waals surface area contributed by atoms with Crippen molar-refractivity contribution in [2.75, 3.05) is 37.7 Å². The lowest BCUT2D eigenvalue weighted by molar-refractivity contribution is 0.0747. The number of piperazine rings is 1. The molecular formula is C20H20ClN3O2S. The first-order valence-corrected chi connectivity index (χ1v) is 10.2. The molecule has 27 heavy (non-hydrogen) atoms. The molecule has 1 amide bonds. The van der Waals surface area contributed by atoms with Crippen molar-refractivity contribution in [3.63, 3.8) is 0 Å². The van der Waals surface area contributed by atoms with Gasteiger partial charge in [-0.25, -0.2) is 4.98 Å². The summed E-state index contributed by atoms with van der Waals surface area (Å²) >= 11 is 7.67. The van der Waals surface area contributed by atoms with E-state index in [2.05, 4.69) is 11.0 Å². The van der Waals surface area contributed by atoms with Crippen LogP contribution in [-0.4, -0.2) is 48.6 Å². The molecule has 140 valence electrons. The zero-order valence-corrected chi connectivity index (χ0v) is 16.6. The first kappa shape index (κ1) is 18.1. The molecular weight excluding hydrogens is 382 g/mol. The van der Waals surface area contributed by atoms with Crippen LogP contribution in [0.3, 0.4) is 0 Å². The van der Waals surface area contributed by atoms with Crippen LogP contribution < -0.4 is 9.64 Å². The monoisotopic (exact) mass is 401 g/mol. The molecule has 0 atom stereocenters. The third-order valence-electron chi connectivity index (χ3n) is 4.58. The average molecular weight is 402 g/mol. The molecule has 1 aliphatic heterocycles. The summed E-state index contributed by atoms with van der Waals surface area (Å²) < 4.78 is 6.81. The van der Waals surface area contributed by atoms with Crippen LogP contribution in [0.2, 0.25) is 5.02 Å². The zero-order valence-electron chi connectivity index (χ0n) is 15.0. The minimum absolute atomic E-state index is 0.0279. The Kier molecular flexibility index (Phi) is 5.18. The first-order valence-electron chi connectivity index (χ1n) is 8.98. The number of hydrogen-bond donors (Lipinski definition) is 0. The van der Waals surface area contributed by atoms with E-state index < -0.39 is 0 Å².